The van der Waals surface area contributed by atoms with Gasteiger partial charge in [0, 0.05) is 13.3 Å². The molecule has 2 rings (SSSR count). The van der Waals surface area contributed by atoms with Crippen molar-refractivity contribution in [2.24, 2.45) is 0 Å². The summed E-state index contributed by atoms with van der Waals surface area (Å²) in [4.78, 5) is 22.4. The van der Waals surface area contributed by atoms with Crippen LogP contribution in [0.5, 0.6) is 0 Å². The van der Waals surface area contributed by atoms with Gasteiger partial charge in [-0.25, -0.2) is 4.79 Å². The molecule has 15 nitrogen and oxygen atoms in total. The summed E-state index contributed by atoms with van der Waals surface area (Å²) in [5.41, 5.74) is 0. The molecular weight excluding hydrogens is 442 g/mol. The quantitative estimate of drug-likeness (QED) is 0.148. The highest BCUT2D eigenvalue weighted by atomic mass is 16.7. The zero-order valence-corrected chi connectivity index (χ0v) is 17.0. The lowest BCUT2D eigenvalue weighted by Crippen LogP contribution is -2.71. The summed E-state index contributed by atoms with van der Waals surface area (Å²) >= 11 is 0. The Hall–Kier alpha value is -1.50. The van der Waals surface area contributed by atoms with Crippen molar-refractivity contribution >= 4 is 11.9 Å². The van der Waals surface area contributed by atoms with Gasteiger partial charge in [0.2, 0.25) is 0 Å². The van der Waals surface area contributed by atoms with Crippen molar-refractivity contribution in [2.75, 3.05) is 13.2 Å². The molecule has 11 atom stereocenters. The first kappa shape index (κ1) is 26.7. The number of hydrogen-bond acceptors (Lipinski definition) is 14. The topological polar surface area (TPSA) is 256 Å². The van der Waals surface area contributed by atoms with E-state index in [0.717, 1.165) is 6.92 Å². The smallest absolute Gasteiger partial charge is 0.364 e. The molecule has 2 heterocycles. The number of carbonyl (C=O) groups excluding carboxylic acids is 1. The molecule has 15 heteroatoms. The molecule has 0 bridgehead atoms. The van der Waals surface area contributed by atoms with Gasteiger partial charge in [-0.05, 0) is 0 Å². The van der Waals surface area contributed by atoms with Crippen LogP contribution in [0.3, 0.4) is 0 Å². The summed E-state index contributed by atoms with van der Waals surface area (Å²) in [5, 5.41) is 92.3. The maximum Gasteiger partial charge on any atom is 0.364 e. The number of hydrogen-bond donors (Lipinski definition) is 10. The van der Waals surface area contributed by atoms with Crippen LogP contribution in [-0.2, 0) is 23.8 Å². The summed E-state index contributed by atoms with van der Waals surface area (Å²) in [6.07, 6.45) is -16.5. The van der Waals surface area contributed by atoms with E-state index in [1.54, 1.807) is 0 Å². The molecular formula is C17H29NO14. The van der Waals surface area contributed by atoms with E-state index < -0.39 is 98.5 Å². The number of carboxylic acids is 1. The number of carboxylic acid groups (broad SMARTS) is 1. The lowest BCUT2D eigenvalue weighted by atomic mass is 9.88. The predicted molar refractivity (Wildman–Crippen MR) is 97.4 cm³/mol. The Morgan fingerprint density at radius 3 is 2.31 bits per heavy atom. The van der Waals surface area contributed by atoms with Crippen LogP contribution < -0.4 is 5.32 Å². The maximum absolute atomic E-state index is 11.4. The molecule has 186 valence electrons. The van der Waals surface area contributed by atoms with E-state index in [9.17, 15) is 55.5 Å². The number of rotatable bonds is 8. The van der Waals surface area contributed by atoms with Gasteiger partial charge >= 0.3 is 11.9 Å². The first-order chi connectivity index (χ1) is 14.8. The van der Waals surface area contributed by atoms with Gasteiger partial charge < -0.3 is 60.2 Å². The molecule has 0 amide bonds. The molecule has 0 saturated carbocycles. The van der Waals surface area contributed by atoms with E-state index in [1.807, 2.05) is 0 Å². The van der Waals surface area contributed by atoms with Crippen LogP contribution in [0.25, 0.3) is 0 Å². The Bertz CT molecular complexity index is 663. The lowest BCUT2D eigenvalue weighted by Gasteiger charge is -2.48. The molecule has 2 saturated heterocycles. The van der Waals surface area contributed by atoms with Gasteiger partial charge in [0.15, 0.2) is 0 Å². The van der Waals surface area contributed by atoms with Crippen molar-refractivity contribution in [3.63, 3.8) is 0 Å². The van der Waals surface area contributed by atoms with Crippen molar-refractivity contribution < 1.29 is 69.8 Å². The Kier molecular flexibility index (Phi) is 8.88. The van der Waals surface area contributed by atoms with Crippen molar-refractivity contribution in [3.05, 3.63) is 0 Å². The third-order valence-electron chi connectivity index (χ3n) is 5.36. The van der Waals surface area contributed by atoms with E-state index in [-0.39, 0.29) is 0 Å². The number of ether oxygens (including phenoxy) is 3. The summed E-state index contributed by atoms with van der Waals surface area (Å²) in [6, 6.07) is -1.52. The van der Waals surface area contributed by atoms with Crippen LogP contribution in [0.1, 0.15) is 13.3 Å². The highest BCUT2D eigenvalue weighted by molar-refractivity contribution is 5.75. The molecule has 2 aliphatic rings. The molecule has 10 N–H and O–H groups in total. The second-order valence-electron chi connectivity index (χ2n) is 7.75. The summed E-state index contributed by atoms with van der Waals surface area (Å²) in [6.45, 7) is -0.448. The number of aliphatic carboxylic acids is 1. The highest BCUT2D eigenvalue weighted by Gasteiger charge is 2.55. The fourth-order valence-corrected chi connectivity index (χ4v) is 3.55. The normalized spacial score (nSPS) is 42.2. The second kappa shape index (κ2) is 10.6. The maximum atomic E-state index is 11.4. The number of aliphatic hydroxyl groups excluding tert-OH is 7. The fraction of sp³-hybridized carbons (Fsp3) is 0.882. The third-order valence-corrected chi connectivity index (χ3v) is 5.36. The second-order valence-corrected chi connectivity index (χ2v) is 7.75. The van der Waals surface area contributed by atoms with E-state index in [4.69, 9.17) is 9.47 Å². The van der Waals surface area contributed by atoms with E-state index in [2.05, 4.69) is 10.1 Å². The van der Waals surface area contributed by atoms with Crippen LogP contribution >= 0.6 is 0 Å². The van der Waals surface area contributed by atoms with Gasteiger partial charge in [0.25, 0.3) is 5.79 Å². The minimum absolute atomic E-state index is 0.731. The SMILES string of the molecule is CC(=O)OC[C@@H](O)[C@@H](O)[C@@H]1O[C@](O)(C(=O)O)C[C@H](O)[C@H]1N[C@@H]1O[C@H](CO)[C@@H](O)[C@H](O)[C@H]1O. The Labute approximate surface area is 181 Å². The van der Waals surface area contributed by atoms with Crippen LogP contribution in [-0.4, -0.2) is 138 Å². The van der Waals surface area contributed by atoms with Crippen molar-refractivity contribution in [1.29, 1.82) is 0 Å². The average Bonchev–Trinajstić information content (AvgIpc) is 2.72. The first-order valence-corrected chi connectivity index (χ1v) is 9.70. The number of esters is 1. The van der Waals surface area contributed by atoms with Crippen LogP contribution in [0, 0.1) is 0 Å². The predicted octanol–water partition coefficient (Wildman–Crippen LogP) is -6.05. The Morgan fingerprint density at radius 2 is 1.78 bits per heavy atom. The van der Waals surface area contributed by atoms with E-state index >= 15 is 0 Å². The molecule has 0 aromatic heterocycles. The Balaban J connectivity index is 2.28. The number of aliphatic hydroxyl groups is 8. The van der Waals surface area contributed by atoms with Gasteiger partial charge in [-0.15, -0.1) is 0 Å². The van der Waals surface area contributed by atoms with Gasteiger partial charge in [0.1, 0.15) is 55.6 Å². The zero-order valence-electron chi connectivity index (χ0n) is 17.0. The fourth-order valence-electron chi connectivity index (χ4n) is 3.55. The monoisotopic (exact) mass is 471 g/mol. The minimum atomic E-state index is -2.96. The number of nitrogens with one attached hydrogen (secondary N) is 1. The van der Waals surface area contributed by atoms with Gasteiger partial charge in [-0.1, -0.05) is 0 Å². The molecule has 0 aromatic carbocycles. The highest BCUT2D eigenvalue weighted by Crippen LogP contribution is 2.32. The molecule has 0 spiro atoms. The van der Waals surface area contributed by atoms with Gasteiger partial charge in [-0.2, -0.15) is 0 Å². The molecule has 0 aromatic rings. The standard InChI is InChI=1S/C17H29NO14/c1-5(20)30-4-7(22)10(23)14-9(6(21)2-17(29,32-14)16(27)28)18-15-13(26)12(25)11(24)8(3-19)31-15/h6-15,18-19,21-26,29H,2-4H2,1H3,(H,27,28)/t6-,7+,8+,9+,10+,11+,12-,13+,14+,15+,17-/m0/s1. The van der Waals surface area contributed by atoms with Crippen LogP contribution in [0.2, 0.25) is 0 Å². The first-order valence-electron chi connectivity index (χ1n) is 9.70. The minimum Gasteiger partial charge on any atom is -0.477 e. The van der Waals surface area contributed by atoms with Crippen molar-refractivity contribution in [1.82, 2.24) is 5.32 Å². The molecule has 2 fully saturated rings. The summed E-state index contributed by atoms with van der Waals surface area (Å²) in [7, 11) is 0. The lowest BCUT2D eigenvalue weighted by molar-refractivity contribution is -0.303. The third kappa shape index (κ3) is 5.70. The van der Waals surface area contributed by atoms with Crippen LogP contribution in [0.15, 0.2) is 0 Å². The van der Waals surface area contributed by atoms with Crippen LogP contribution in [0.4, 0.5) is 0 Å². The molecule has 0 unspecified atom stereocenters. The zero-order chi connectivity index (χ0) is 24.4. The average molecular weight is 471 g/mol. The summed E-state index contributed by atoms with van der Waals surface area (Å²) < 4.78 is 14.9. The molecule has 0 aliphatic carbocycles. The summed E-state index contributed by atoms with van der Waals surface area (Å²) in [5.74, 6) is -5.65. The number of carbonyl (C=O) groups is 2. The molecule has 32 heavy (non-hydrogen) atoms. The van der Waals surface area contributed by atoms with Gasteiger partial charge in [0.05, 0.1) is 18.8 Å². The molecule has 2 aliphatic heterocycles. The Morgan fingerprint density at radius 1 is 1.16 bits per heavy atom. The van der Waals surface area contributed by atoms with E-state index in [0.29, 0.717) is 0 Å². The van der Waals surface area contributed by atoms with Gasteiger partial charge in [-0.3, -0.25) is 10.1 Å². The molecule has 0 radical (unpaired) electrons. The van der Waals surface area contributed by atoms with Crippen molar-refractivity contribution in [2.45, 2.75) is 80.2 Å². The van der Waals surface area contributed by atoms with E-state index in [1.165, 1.54) is 0 Å². The van der Waals surface area contributed by atoms with Crippen molar-refractivity contribution in [3.8, 4) is 0 Å². The largest absolute Gasteiger partial charge is 0.477 e.